The van der Waals surface area contributed by atoms with Gasteiger partial charge < -0.3 is 19.9 Å². The maximum atomic E-state index is 5.88. The van der Waals surface area contributed by atoms with Crippen molar-refractivity contribution in [2.45, 2.75) is 24.9 Å². The van der Waals surface area contributed by atoms with Crippen LogP contribution in [0.1, 0.15) is 12.5 Å². The van der Waals surface area contributed by atoms with Crippen molar-refractivity contribution in [1.29, 1.82) is 0 Å². The molecule has 2 bridgehead atoms. The summed E-state index contributed by atoms with van der Waals surface area (Å²) < 4.78 is 20.5. The molecule has 2 saturated heterocycles. The summed E-state index contributed by atoms with van der Waals surface area (Å²) in [5.74, 6) is 0.646. The minimum Gasteiger partial charge on any atom is -0.494 e. The molecule has 12 heteroatoms. The summed E-state index contributed by atoms with van der Waals surface area (Å²) in [5.41, 5.74) is 9.36. The third-order valence-corrected chi connectivity index (χ3v) is 4.82. The molecule has 2 aliphatic heterocycles. The fourth-order valence-electron chi connectivity index (χ4n) is 3.13. The van der Waals surface area contributed by atoms with Crippen molar-refractivity contribution in [3.05, 3.63) is 29.0 Å². The summed E-state index contributed by atoms with van der Waals surface area (Å²) >= 11 is 10.4. The molecule has 0 aliphatic carbocycles. The molecule has 2 aliphatic rings. The van der Waals surface area contributed by atoms with Gasteiger partial charge in [-0.1, -0.05) is 12.1 Å². The quantitative estimate of drug-likeness (QED) is 0.558. The zero-order valence-corrected chi connectivity index (χ0v) is 15.9. The summed E-state index contributed by atoms with van der Waals surface area (Å²) in [5, 5.41) is 12.7. The molecule has 2 fully saturated rings. The van der Waals surface area contributed by atoms with Crippen LogP contribution in [0.3, 0.4) is 0 Å². The van der Waals surface area contributed by atoms with Gasteiger partial charge in [-0.05, 0) is 47.0 Å². The van der Waals surface area contributed by atoms with E-state index in [1.807, 2.05) is 24.3 Å². The number of thiocarbonyl (C=S) groups is 1. The van der Waals surface area contributed by atoms with E-state index < -0.39 is 6.29 Å². The Kier molecular flexibility index (Phi) is 4.86. The lowest BCUT2D eigenvalue weighted by Crippen LogP contribution is -2.39. The molecule has 1 aromatic carbocycles. The van der Waals surface area contributed by atoms with Gasteiger partial charge in [-0.2, -0.15) is 9.78 Å². The maximum absolute atomic E-state index is 5.88. The molecule has 0 saturated carbocycles. The van der Waals surface area contributed by atoms with Crippen LogP contribution in [0, 0.1) is 4.77 Å². The Morgan fingerprint density at radius 2 is 2.22 bits per heavy atom. The maximum Gasteiger partial charge on any atom is 0.221 e. The Labute approximate surface area is 164 Å². The van der Waals surface area contributed by atoms with E-state index in [1.165, 1.54) is 0 Å². The predicted octanol–water partition coefficient (Wildman–Crippen LogP) is 0.682. The highest BCUT2D eigenvalue weighted by Crippen LogP contribution is 2.33. The predicted molar refractivity (Wildman–Crippen MR) is 102 cm³/mol. The van der Waals surface area contributed by atoms with Gasteiger partial charge in [0.15, 0.2) is 11.4 Å². The largest absolute Gasteiger partial charge is 0.494 e. The number of ether oxygens (including phenoxy) is 3. The number of nitrogens with zero attached hydrogens (tertiary/aromatic N) is 5. The Hall–Kier alpha value is -2.41. The molecular weight excluding hydrogens is 390 g/mol. The minimum absolute atomic E-state index is 0.0675. The van der Waals surface area contributed by atoms with Crippen LogP contribution in [0.25, 0.3) is 5.69 Å². The Morgan fingerprint density at radius 3 is 3.00 bits per heavy atom. The Balaban J connectivity index is 1.68. The average molecular weight is 407 g/mol. The van der Waals surface area contributed by atoms with E-state index in [4.69, 9.17) is 44.4 Å². The van der Waals surface area contributed by atoms with Gasteiger partial charge in [-0.25, -0.2) is 4.68 Å². The second-order valence-electron chi connectivity index (χ2n) is 5.98. The second-order valence-corrected chi connectivity index (χ2v) is 6.79. The molecule has 0 radical (unpaired) electrons. The summed E-state index contributed by atoms with van der Waals surface area (Å²) in [6.45, 7) is 0.407. The molecule has 3 atom stereocenters. The Bertz CT molecular complexity index is 957. The van der Waals surface area contributed by atoms with Crippen LogP contribution in [-0.4, -0.2) is 56.7 Å². The van der Waals surface area contributed by atoms with Crippen molar-refractivity contribution in [1.82, 2.24) is 25.2 Å². The van der Waals surface area contributed by atoms with Crippen LogP contribution in [0.2, 0.25) is 0 Å². The molecule has 10 nitrogen and oxygen atoms in total. The first-order valence-corrected chi connectivity index (χ1v) is 8.97. The van der Waals surface area contributed by atoms with Gasteiger partial charge in [-0.3, -0.25) is 5.43 Å². The summed E-state index contributed by atoms with van der Waals surface area (Å²) in [6.07, 6.45) is -0.205. The van der Waals surface area contributed by atoms with E-state index in [2.05, 4.69) is 21.0 Å². The topological polar surface area (TPSA) is 114 Å². The smallest absolute Gasteiger partial charge is 0.221 e. The lowest BCUT2D eigenvalue weighted by atomic mass is 10.0. The Morgan fingerprint density at radius 1 is 1.41 bits per heavy atom. The highest BCUT2D eigenvalue weighted by atomic mass is 32.1. The summed E-state index contributed by atoms with van der Waals surface area (Å²) in [7, 11) is 1.59. The molecule has 27 heavy (non-hydrogen) atoms. The number of nitrogens with one attached hydrogen (secondary N) is 1. The van der Waals surface area contributed by atoms with Crippen molar-refractivity contribution >= 4 is 35.3 Å². The molecule has 3 heterocycles. The molecular formula is C15H17N7O3S2. The lowest BCUT2D eigenvalue weighted by Gasteiger charge is -2.27. The number of fused-ring (bicyclic) bond motifs is 2. The van der Waals surface area contributed by atoms with Crippen molar-refractivity contribution in [3.8, 4) is 11.4 Å². The molecule has 3 unspecified atom stereocenters. The van der Waals surface area contributed by atoms with Crippen LogP contribution in [0.5, 0.6) is 5.75 Å². The number of rotatable bonds is 4. The number of tetrazole rings is 1. The van der Waals surface area contributed by atoms with Gasteiger partial charge in [0, 0.05) is 6.42 Å². The molecule has 1 aromatic heterocycles. The second kappa shape index (κ2) is 7.31. The summed E-state index contributed by atoms with van der Waals surface area (Å²) in [4.78, 5) is 0. The SMILES string of the molecule is COc1ccccc1-n1nnn(C2CC(=NNC(N)=S)C3OCC2O3)c1=S. The molecule has 0 amide bonds. The number of nitrogens with two attached hydrogens (primary N) is 1. The average Bonchev–Trinajstić information content (AvgIpc) is 3.26. The van der Waals surface area contributed by atoms with Crippen LogP contribution in [0.15, 0.2) is 29.4 Å². The molecule has 2 aromatic rings. The first kappa shape index (κ1) is 18.0. The highest BCUT2D eigenvalue weighted by molar-refractivity contribution is 7.80. The van der Waals surface area contributed by atoms with Crippen LogP contribution >= 0.6 is 24.4 Å². The number of hydrogen-bond donors (Lipinski definition) is 2. The molecule has 142 valence electrons. The number of hydrazone groups is 1. The number of benzene rings is 1. The third kappa shape index (κ3) is 3.32. The van der Waals surface area contributed by atoms with Crippen molar-refractivity contribution in [2.75, 3.05) is 13.7 Å². The lowest BCUT2D eigenvalue weighted by molar-refractivity contribution is -0.0324. The first-order valence-electron chi connectivity index (χ1n) is 8.15. The third-order valence-electron chi connectivity index (χ3n) is 4.37. The fourth-order valence-corrected chi connectivity index (χ4v) is 3.48. The minimum atomic E-state index is -0.522. The first-order chi connectivity index (χ1) is 13.1. The number of hydrogen-bond acceptors (Lipinski definition) is 8. The molecule has 4 rings (SSSR count). The fraction of sp³-hybridized carbons (Fsp3) is 0.400. The van der Waals surface area contributed by atoms with Crippen LogP contribution < -0.4 is 15.9 Å². The van der Waals surface area contributed by atoms with Crippen LogP contribution in [-0.2, 0) is 9.47 Å². The van der Waals surface area contributed by atoms with E-state index in [9.17, 15) is 0 Å². The van der Waals surface area contributed by atoms with Gasteiger partial charge in [0.05, 0.1) is 25.5 Å². The van der Waals surface area contributed by atoms with Crippen molar-refractivity contribution < 1.29 is 14.2 Å². The van der Waals surface area contributed by atoms with Gasteiger partial charge in [0.1, 0.15) is 17.5 Å². The monoisotopic (exact) mass is 407 g/mol. The van der Waals surface area contributed by atoms with Crippen LogP contribution in [0.4, 0.5) is 0 Å². The number of methoxy groups -OCH3 is 1. The van der Waals surface area contributed by atoms with Crippen molar-refractivity contribution in [2.24, 2.45) is 10.8 Å². The highest BCUT2D eigenvalue weighted by Gasteiger charge is 2.44. The number of para-hydroxylation sites is 2. The summed E-state index contributed by atoms with van der Waals surface area (Å²) in [6, 6.07) is 7.23. The zero-order chi connectivity index (χ0) is 19.0. The van der Waals surface area contributed by atoms with Crippen molar-refractivity contribution in [3.63, 3.8) is 0 Å². The van der Waals surface area contributed by atoms with E-state index in [0.29, 0.717) is 34.9 Å². The van der Waals surface area contributed by atoms with Gasteiger partial charge >= 0.3 is 0 Å². The zero-order valence-electron chi connectivity index (χ0n) is 14.3. The van der Waals surface area contributed by atoms with E-state index in [1.54, 1.807) is 16.5 Å². The van der Waals surface area contributed by atoms with E-state index >= 15 is 0 Å². The van der Waals surface area contributed by atoms with Gasteiger partial charge in [0.2, 0.25) is 4.77 Å². The number of aromatic nitrogens is 4. The van der Waals surface area contributed by atoms with Gasteiger partial charge in [-0.15, -0.1) is 0 Å². The van der Waals surface area contributed by atoms with Gasteiger partial charge in [0.25, 0.3) is 0 Å². The molecule has 3 N–H and O–H groups in total. The van der Waals surface area contributed by atoms with E-state index in [-0.39, 0.29) is 17.3 Å². The standard InChI is InChI=1S/C15H17N7O3S2/c1-23-11-5-3-2-4-9(11)21-15(27)22(20-19-21)10-6-8(17-18-14(16)26)13-24-7-12(10)25-13/h2-5,10,12-13H,6-7H2,1H3,(H3,16,18,26). The normalized spacial score (nSPS) is 25.5. The molecule has 0 spiro atoms. The van der Waals surface area contributed by atoms with E-state index in [0.717, 1.165) is 0 Å².